The molecule has 1 atom stereocenters. The minimum absolute atomic E-state index is 0.109. The SMILES string of the molecule is CCOC(C)(CC)C(=O)Cc1cc(Br)cc2c1OCC2. The number of carbonyl (C=O) groups excluding carboxylic acids is 1. The number of rotatable bonds is 6. The third kappa shape index (κ3) is 3.07. The predicted molar refractivity (Wildman–Crippen MR) is 82.4 cm³/mol. The average molecular weight is 341 g/mol. The molecule has 0 saturated heterocycles. The number of ketones is 1. The maximum absolute atomic E-state index is 12.6. The molecule has 0 saturated carbocycles. The quantitative estimate of drug-likeness (QED) is 0.791. The first-order chi connectivity index (χ1) is 9.50. The summed E-state index contributed by atoms with van der Waals surface area (Å²) >= 11 is 3.51. The van der Waals surface area contributed by atoms with Crippen LogP contribution in [0, 0.1) is 0 Å². The van der Waals surface area contributed by atoms with Crippen molar-refractivity contribution in [1.29, 1.82) is 0 Å². The van der Waals surface area contributed by atoms with Crippen molar-refractivity contribution in [3.63, 3.8) is 0 Å². The van der Waals surface area contributed by atoms with E-state index >= 15 is 0 Å². The van der Waals surface area contributed by atoms with Gasteiger partial charge in [0.15, 0.2) is 5.78 Å². The lowest BCUT2D eigenvalue weighted by molar-refractivity contribution is -0.141. The summed E-state index contributed by atoms with van der Waals surface area (Å²) < 4.78 is 12.3. The van der Waals surface area contributed by atoms with Crippen molar-refractivity contribution in [2.75, 3.05) is 13.2 Å². The topological polar surface area (TPSA) is 35.5 Å². The Bertz CT molecular complexity index is 513. The molecule has 1 aliphatic rings. The van der Waals surface area contributed by atoms with Crippen molar-refractivity contribution in [3.05, 3.63) is 27.7 Å². The standard InChI is InChI=1S/C16H21BrO3/c1-4-16(3,20-5-2)14(18)10-12-9-13(17)8-11-6-7-19-15(11)12/h8-9H,4-7,10H2,1-3H3. The number of ether oxygens (including phenoxy) is 2. The van der Waals surface area contributed by atoms with E-state index in [2.05, 4.69) is 22.0 Å². The molecule has 0 amide bonds. The molecule has 0 bridgehead atoms. The minimum Gasteiger partial charge on any atom is -0.493 e. The summed E-state index contributed by atoms with van der Waals surface area (Å²) in [5.41, 5.74) is 1.43. The van der Waals surface area contributed by atoms with Crippen molar-refractivity contribution < 1.29 is 14.3 Å². The molecule has 4 heteroatoms. The number of fused-ring (bicyclic) bond motifs is 1. The molecule has 0 aromatic heterocycles. The number of Topliss-reactive ketones (excluding diaryl/α,β-unsaturated/α-hetero) is 1. The van der Waals surface area contributed by atoms with Gasteiger partial charge >= 0.3 is 0 Å². The number of halogens is 1. The average Bonchev–Trinajstić information content (AvgIpc) is 2.86. The Hall–Kier alpha value is -0.870. The van der Waals surface area contributed by atoms with Crippen molar-refractivity contribution in [1.82, 2.24) is 0 Å². The van der Waals surface area contributed by atoms with Gasteiger partial charge in [0.05, 0.1) is 6.61 Å². The molecule has 20 heavy (non-hydrogen) atoms. The Morgan fingerprint density at radius 3 is 2.85 bits per heavy atom. The van der Waals surface area contributed by atoms with Crippen molar-refractivity contribution in [2.24, 2.45) is 0 Å². The summed E-state index contributed by atoms with van der Waals surface area (Å²) in [5, 5.41) is 0. The largest absolute Gasteiger partial charge is 0.493 e. The van der Waals surface area contributed by atoms with Crippen LogP contribution in [-0.2, 0) is 22.4 Å². The lowest BCUT2D eigenvalue weighted by atomic mass is 9.91. The lowest BCUT2D eigenvalue weighted by Crippen LogP contribution is -2.39. The summed E-state index contributed by atoms with van der Waals surface area (Å²) in [5.74, 6) is 0.995. The monoisotopic (exact) mass is 340 g/mol. The summed E-state index contributed by atoms with van der Waals surface area (Å²) in [6.07, 6.45) is 1.94. The van der Waals surface area contributed by atoms with Crippen LogP contribution in [0.4, 0.5) is 0 Å². The predicted octanol–water partition coefficient (Wildman–Crippen LogP) is 3.70. The number of benzene rings is 1. The van der Waals surface area contributed by atoms with Gasteiger partial charge in [-0.05, 0) is 38.0 Å². The zero-order valence-corrected chi connectivity index (χ0v) is 13.9. The normalized spacial score (nSPS) is 16.4. The van der Waals surface area contributed by atoms with Crippen LogP contribution in [0.3, 0.4) is 0 Å². The lowest BCUT2D eigenvalue weighted by Gasteiger charge is -2.27. The van der Waals surface area contributed by atoms with E-state index in [1.165, 1.54) is 5.56 Å². The van der Waals surface area contributed by atoms with Gasteiger partial charge in [0.2, 0.25) is 0 Å². The van der Waals surface area contributed by atoms with E-state index in [1.807, 2.05) is 26.8 Å². The van der Waals surface area contributed by atoms with Gasteiger partial charge in [0.25, 0.3) is 0 Å². The molecular weight excluding hydrogens is 320 g/mol. The third-order valence-electron chi connectivity index (χ3n) is 3.90. The number of hydrogen-bond donors (Lipinski definition) is 0. The highest BCUT2D eigenvalue weighted by Gasteiger charge is 2.32. The molecule has 0 aliphatic carbocycles. The van der Waals surface area contributed by atoms with Gasteiger partial charge < -0.3 is 9.47 Å². The Morgan fingerprint density at radius 1 is 1.45 bits per heavy atom. The van der Waals surface area contributed by atoms with Crippen molar-refractivity contribution >= 4 is 21.7 Å². The van der Waals surface area contributed by atoms with Crippen molar-refractivity contribution in [3.8, 4) is 5.75 Å². The van der Waals surface area contributed by atoms with Crippen LogP contribution in [0.15, 0.2) is 16.6 Å². The highest BCUT2D eigenvalue weighted by Crippen LogP contribution is 2.34. The van der Waals surface area contributed by atoms with Crippen LogP contribution in [0.25, 0.3) is 0 Å². The van der Waals surface area contributed by atoms with Crippen LogP contribution in [0.1, 0.15) is 38.3 Å². The minimum atomic E-state index is -0.706. The molecule has 2 rings (SSSR count). The van der Waals surface area contributed by atoms with E-state index in [4.69, 9.17) is 9.47 Å². The Kier molecular flexibility index (Phi) is 4.86. The first-order valence-corrected chi connectivity index (χ1v) is 7.90. The zero-order valence-electron chi connectivity index (χ0n) is 12.3. The van der Waals surface area contributed by atoms with Crippen LogP contribution in [-0.4, -0.2) is 24.6 Å². The summed E-state index contributed by atoms with van der Waals surface area (Å²) in [6.45, 7) is 7.01. The summed E-state index contributed by atoms with van der Waals surface area (Å²) in [4.78, 5) is 12.6. The molecule has 1 aromatic rings. The van der Waals surface area contributed by atoms with E-state index in [-0.39, 0.29) is 5.78 Å². The van der Waals surface area contributed by atoms with E-state index < -0.39 is 5.60 Å². The van der Waals surface area contributed by atoms with Gasteiger partial charge in [-0.3, -0.25) is 4.79 Å². The van der Waals surface area contributed by atoms with Crippen LogP contribution in [0.5, 0.6) is 5.75 Å². The van der Waals surface area contributed by atoms with Gasteiger partial charge in [0.1, 0.15) is 11.4 Å². The maximum Gasteiger partial charge on any atom is 0.168 e. The van der Waals surface area contributed by atoms with E-state index in [0.717, 1.165) is 22.2 Å². The second kappa shape index (κ2) is 6.27. The highest BCUT2D eigenvalue weighted by atomic mass is 79.9. The molecule has 3 nitrogen and oxygen atoms in total. The Balaban J connectivity index is 2.24. The molecule has 110 valence electrons. The summed E-state index contributed by atoms with van der Waals surface area (Å²) in [6, 6.07) is 4.04. The molecule has 1 unspecified atom stereocenters. The molecular formula is C16H21BrO3. The molecule has 1 aliphatic heterocycles. The molecule has 1 heterocycles. The third-order valence-corrected chi connectivity index (χ3v) is 4.36. The van der Waals surface area contributed by atoms with E-state index in [1.54, 1.807) is 0 Å². The second-order valence-electron chi connectivity index (χ2n) is 5.27. The zero-order chi connectivity index (χ0) is 14.8. The fraction of sp³-hybridized carbons (Fsp3) is 0.562. The van der Waals surface area contributed by atoms with Crippen LogP contribution in [0.2, 0.25) is 0 Å². The maximum atomic E-state index is 12.6. The smallest absolute Gasteiger partial charge is 0.168 e. The van der Waals surface area contributed by atoms with Gasteiger partial charge in [-0.2, -0.15) is 0 Å². The molecule has 0 spiro atoms. The van der Waals surface area contributed by atoms with Gasteiger partial charge in [-0.15, -0.1) is 0 Å². The summed E-state index contributed by atoms with van der Waals surface area (Å²) in [7, 11) is 0. The first-order valence-electron chi connectivity index (χ1n) is 7.11. The Labute approximate surface area is 128 Å². The van der Waals surface area contributed by atoms with Gasteiger partial charge in [-0.25, -0.2) is 0 Å². The molecule has 0 radical (unpaired) electrons. The first kappa shape index (κ1) is 15.5. The van der Waals surface area contributed by atoms with Crippen LogP contribution < -0.4 is 4.74 Å². The van der Waals surface area contributed by atoms with Crippen molar-refractivity contribution in [2.45, 2.75) is 45.6 Å². The molecule has 0 N–H and O–H groups in total. The molecule has 1 aromatic carbocycles. The van der Waals surface area contributed by atoms with E-state index in [0.29, 0.717) is 26.1 Å². The van der Waals surface area contributed by atoms with E-state index in [9.17, 15) is 4.79 Å². The van der Waals surface area contributed by atoms with Gasteiger partial charge in [0, 0.05) is 29.5 Å². The Morgan fingerprint density at radius 2 is 2.20 bits per heavy atom. The number of carbonyl (C=O) groups is 1. The molecule has 0 fully saturated rings. The number of hydrogen-bond acceptors (Lipinski definition) is 3. The van der Waals surface area contributed by atoms with Crippen LogP contribution >= 0.6 is 15.9 Å². The second-order valence-corrected chi connectivity index (χ2v) is 6.18. The van der Waals surface area contributed by atoms with Gasteiger partial charge in [-0.1, -0.05) is 22.9 Å². The fourth-order valence-electron chi connectivity index (χ4n) is 2.54. The fourth-order valence-corrected chi connectivity index (χ4v) is 3.09. The highest BCUT2D eigenvalue weighted by molar-refractivity contribution is 9.10.